The van der Waals surface area contributed by atoms with E-state index in [1.54, 1.807) is 18.7 Å². The summed E-state index contributed by atoms with van der Waals surface area (Å²) >= 11 is 1.46. The molecule has 9 heteroatoms. The van der Waals surface area contributed by atoms with Crippen LogP contribution in [0.25, 0.3) is 5.76 Å². The Bertz CT molecular complexity index is 999. The van der Waals surface area contributed by atoms with Gasteiger partial charge in [0, 0.05) is 37.3 Å². The molecule has 2 aromatic heterocycles. The number of hydrogen-bond acceptors (Lipinski definition) is 8. The summed E-state index contributed by atoms with van der Waals surface area (Å²) in [5.41, 5.74) is 1.04. The number of aryl methyl sites for hydroxylation is 2. The number of aliphatic hydroxyl groups excluding tert-OH is 1. The standard InChI is InChI=1S/C22H26N4O4S/c1-14-16(13-23-15(2)24-14)20(27)18-19(17-5-3-12-31-17)26(22(29)21(18)28)7-4-6-25-8-10-30-11-9-25/h3,5,12-13,19,27H,4,6-11H2,1-2H3/b20-18+/t19-/m1/s1. The largest absolute Gasteiger partial charge is 0.507 e. The number of Topliss-reactive ketones (excluding diaryl/α,β-unsaturated/α-hetero) is 1. The Morgan fingerprint density at radius 3 is 2.71 bits per heavy atom. The van der Waals surface area contributed by atoms with Crippen molar-refractivity contribution in [3.63, 3.8) is 0 Å². The van der Waals surface area contributed by atoms with E-state index in [0.717, 1.165) is 44.1 Å². The first-order valence-corrected chi connectivity index (χ1v) is 11.3. The van der Waals surface area contributed by atoms with Gasteiger partial charge < -0.3 is 14.7 Å². The Labute approximate surface area is 185 Å². The van der Waals surface area contributed by atoms with Crippen molar-refractivity contribution in [1.82, 2.24) is 19.8 Å². The minimum Gasteiger partial charge on any atom is -0.507 e. The molecule has 164 valence electrons. The lowest BCUT2D eigenvalue weighted by atomic mass is 10.00. The average Bonchev–Trinajstić information content (AvgIpc) is 3.37. The first-order valence-electron chi connectivity index (χ1n) is 10.4. The van der Waals surface area contributed by atoms with Crippen LogP contribution in [0, 0.1) is 13.8 Å². The van der Waals surface area contributed by atoms with Gasteiger partial charge in [-0.05, 0) is 31.7 Å². The fourth-order valence-electron chi connectivity index (χ4n) is 4.10. The number of nitrogens with zero attached hydrogens (tertiary/aromatic N) is 4. The molecule has 2 aliphatic heterocycles. The maximum Gasteiger partial charge on any atom is 0.295 e. The van der Waals surface area contributed by atoms with E-state index >= 15 is 0 Å². The van der Waals surface area contributed by atoms with Crippen LogP contribution in [0.1, 0.15) is 34.4 Å². The molecule has 1 N–H and O–H groups in total. The molecule has 2 aliphatic rings. The zero-order valence-electron chi connectivity index (χ0n) is 17.7. The number of hydrogen-bond donors (Lipinski definition) is 1. The van der Waals surface area contributed by atoms with Gasteiger partial charge in [-0.3, -0.25) is 14.5 Å². The van der Waals surface area contributed by atoms with Crippen molar-refractivity contribution in [3.05, 3.63) is 51.2 Å². The van der Waals surface area contributed by atoms with Gasteiger partial charge in [-0.1, -0.05) is 6.07 Å². The van der Waals surface area contributed by atoms with Crippen LogP contribution in [0.3, 0.4) is 0 Å². The molecule has 4 rings (SSSR count). The van der Waals surface area contributed by atoms with E-state index < -0.39 is 17.7 Å². The van der Waals surface area contributed by atoms with Crippen molar-refractivity contribution >= 4 is 28.8 Å². The highest BCUT2D eigenvalue weighted by atomic mass is 32.1. The summed E-state index contributed by atoms with van der Waals surface area (Å²) in [5.74, 6) is -0.882. The number of thiophene rings is 1. The van der Waals surface area contributed by atoms with Crippen LogP contribution < -0.4 is 0 Å². The van der Waals surface area contributed by atoms with Gasteiger partial charge in [-0.15, -0.1) is 11.3 Å². The van der Waals surface area contributed by atoms with Gasteiger partial charge in [-0.25, -0.2) is 9.97 Å². The minimum atomic E-state index is -0.665. The maximum atomic E-state index is 13.0. The van der Waals surface area contributed by atoms with Gasteiger partial charge in [0.05, 0.1) is 36.1 Å². The average molecular weight is 443 g/mol. The molecule has 8 nitrogen and oxygen atoms in total. The first kappa shape index (κ1) is 21.6. The molecule has 31 heavy (non-hydrogen) atoms. The van der Waals surface area contributed by atoms with Crippen molar-refractivity contribution in [1.29, 1.82) is 0 Å². The van der Waals surface area contributed by atoms with E-state index in [9.17, 15) is 14.7 Å². The second-order valence-electron chi connectivity index (χ2n) is 7.73. The molecule has 2 fully saturated rings. The van der Waals surface area contributed by atoms with Gasteiger partial charge in [-0.2, -0.15) is 0 Å². The number of ketones is 1. The van der Waals surface area contributed by atoms with Crippen LogP contribution in [-0.2, 0) is 14.3 Å². The predicted octanol–water partition coefficient (Wildman–Crippen LogP) is 2.30. The summed E-state index contributed by atoms with van der Waals surface area (Å²) < 4.78 is 5.38. The van der Waals surface area contributed by atoms with Crippen LogP contribution >= 0.6 is 11.3 Å². The summed E-state index contributed by atoms with van der Waals surface area (Å²) in [6, 6.07) is 3.17. The maximum absolute atomic E-state index is 13.0. The number of carbonyl (C=O) groups excluding carboxylic acids is 2. The monoisotopic (exact) mass is 442 g/mol. The molecule has 0 aromatic carbocycles. The Kier molecular flexibility index (Phi) is 6.45. The molecule has 0 bridgehead atoms. The zero-order chi connectivity index (χ0) is 22.0. The lowest BCUT2D eigenvalue weighted by molar-refractivity contribution is -0.140. The molecule has 0 radical (unpaired) electrons. The lowest BCUT2D eigenvalue weighted by Crippen LogP contribution is -2.38. The molecular weight excluding hydrogens is 416 g/mol. The number of amides is 1. The molecule has 0 saturated carbocycles. The highest BCUT2D eigenvalue weighted by Gasteiger charge is 2.46. The highest BCUT2D eigenvalue weighted by Crippen LogP contribution is 2.41. The van der Waals surface area contributed by atoms with E-state index in [4.69, 9.17) is 4.74 Å². The number of ether oxygens (including phenoxy) is 1. The Balaban J connectivity index is 1.64. The molecule has 2 aromatic rings. The van der Waals surface area contributed by atoms with Crippen molar-refractivity contribution in [2.45, 2.75) is 26.3 Å². The third-order valence-electron chi connectivity index (χ3n) is 5.68. The van der Waals surface area contributed by atoms with E-state index in [1.807, 2.05) is 17.5 Å². The summed E-state index contributed by atoms with van der Waals surface area (Å²) in [6.45, 7) is 7.96. The number of likely N-dealkylation sites (tertiary alicyclic amines) is 1. The molecule has 2 saturated heterocycles. The fraction of sp³-hybridized carbons (Fsp3) is 0.455. The topological polar surface area (TPSA) is 95.9 Å². The Morgan fingerprint density at radius 2 is 2.03 bits per heavy atom. The van der Waals surface area contributed by atoms with Crippen LogP contribution in [0.2, 0.25) is 0 Å². The normalized spacial score (nSPS) is 21.7. The van der Waals surface area contributed by atoms with E-state index in [2.05, 4.69) is 14.9 Å². The third-order valence-corrected chi connectivity index (χ3v) is 6.61. The van der Waals surface area contributed by atoms with Gasteiger partial charge >= 0.3 is 0 Å². The van der Waals surface area contributed by atoms with Crippen LogP contribution in [0.5, 0.6) is 0 Å². The van der Waals surface area contributed by atoms with E-state index in [1.165, 1.54) is 17.5 Å². The number of morpholine rings is 1. The number of rotatable bonds is 6. The van der Waals surface area contributed by atoms with Crippen LogP contribution in [0.15, 0.2) is 29.3 Å². The molecule has 4 heterocycles. The molecule has 1 atom stereocenters. The van der Waals surface area contributed by atoms with Crippen LogP contribution in [-0.4, -0.2) is 76.0 Å². The number of aromatic nitrogens is 2. The van der Waals surface area contributed by atoms with Crippen molar-refractivity contribution < 1.29 is 19.4 Å². The Morgan fingerprint density at radius 1 is 1.26 bits per heavy atom. The number of carbonyl (C=O) groups is 2. The van der Waals surface area contributed by atoms with E-state index in [0.29, 0.717) is 23.6 Å². The quantitative estimate of drug-likeness (QED) is 0.417. The molecule has 0 aliphatic carbocycles. The zero-order valence-corrected chi connectivity index (χ0v) is 18.5. The van der Waals surface area contributed by atoms with Gasteiger partial charge in [0.2, 0.25) is 0 Å². The smallest absolute Gasteiger partial charge is 0.295 e. The number of aliphatic hydroxyl groups is 1. The third kappa shape index (κ3) is 4.39. The second kappa shape index (κ2) is 9.25. The summed E-state index contributed by atoms with van der Waals surface area (Å²) in [6.07, 6.45) is 2.24. The summed E-state index contributed by atoms with van der Waals surface area (Å²) in [5, 5.41) is 13.0. The summed E-state index contributed by atoms with van der Waals surface area (Å²) in [7, 11) is 0. The van der Waals surface area contributed by atoms with Crippen LogP contribution in [0.4, 0.5) is 0 Å². The lowest BCUT2D eigenvalue weighted by Gasteiger charge is -2.28. The van der Waals surface area contributed by atoms with Crippen molar-refractivity contribution in [2.24, 2.45) is 0 Å². The van der Waals surface area contributed by atoms with Gasteiger partial charge in [0.1, 0.15) is 11.6 Å². The highest BCUT2D eigenvalue weighted by molar-refractivity contribution is 7.10. The molecule has 1 amide bonds. The van der Waals surface area contributed by atoms with E-state index in [-0.39, 0.29) is 11.3 Å². The molecular formula is C22H26N4O4S. The molecule has 0 spiro atoms. The predicted molar refractivity (Wildman–Crippen MR) is 117 cm³/mol. The first-order chi connectivity index (χ1) is 15.0. The van der Waals surface area contributed by atoms with Crippen molar-refractivity contribution in [2.75, 3.05) is 39.4 Å². The Hall–Kier alpha value is -2.62. The molecule has 0 unspecified atom stereocenters. The van der Waals surface area contributed by atoms with Gasteiger partial charge in [0.25, 0.3) is 11.7 Å². The summed E-state index contributed by atoms with van der Waals surface area (Å²) in [4.78, 5) is 39.1. The SMILES string of the molecule is Cc1ncc(/C(O)=C2\C(=O)C(=O)N(CCCN3CCOCC3)[C@@H]2c2cccs2)c(C)n1. The minimum absolute atomic E-state index is 0.106. The van der Waals surface area contributed by atoms with Crippen molar-refractivity contribution in [3.8, 4) is 0 Å². The fourth-order valence-corrected chi connectivity index (χ4v) is 4.95. The van der Waals surface area contributed by atoms with Gasteiger partial charge in [0.15, 0.2) is 0 Å². The second-order valence-corrected chi connectivity index (χ2v) is 8.71.